The molecule has 5 nitrogen and oxygen atoms in total. The van der Waals surface area contributed by atoms with E-state index in [0.717, 1.165) is 55.4 Å². The SMILES string of the molecule is c1ccc(-c2ccc(-c3nc(-c4ccccc4)nc(-c4cccnc4-n4c5ccccc5c5cc(-c6cccc7c6sc6ccccc67)ccc54)n3)cc2)cc1. The van der Waals surface area contributed by atoms with Crippen molar-refractivity contribution in [2.45, 2.75) is 0 Å². The van der Waals surface area contributed by atoms with E-state index in [1.54, 1.807) is 0 Å². The first kappa shape index (κ1) is 32.2. The maximum absolute atomic E-state index is 5.16. The third-order valence-electron chi connectivity index (χ3n) is 10.5. The van der Waals surface area contributed by atoms with Gasteiger partial charge in [-0.2, -0.15) is 0 Å². The molecule has 0 amide bonds. The van der Waals surface area contributed by atoms with Crippen molar-refractivity contribution in [3.63, 3.8) is 0 Å². The third-order valence-corrected chi connectivity index (χ3v) is 11.8. The van der Waals surface area contributed by atoms with Crippen molar-refractivity contribution in [2.24, 2.45) is 0 Å². The molecule has 0 atom stereocenters. The van der Waals surface area contributed by atoms with Crippen LogP contribution in [-0.4, -0.2) is 24.5 Å². The Morgan fingerprint density at radius 2 is 0.946 bits per heavy atom. The van der Waals surface area contributed by atoms with Gasteiger partial charge in [-0.05, 0) is 58.7 Å². The van der Waals surface area contributed by atoms with Crippen LogP contribution in [0.25, 0.3) is 104 Å². The Bertz CT molecular complexity index is 3240. The summed E-state index contributed by atoms with van der Waals surface area (Å²) < 4.78 is 4.86. The first-order valence-electron chi connectivity index (χ1n) is 18.6. The highest BCUT2D eigenvalue weighted by atomic mass is 32.1. The summed E-state index contributed by atoms with van der Waals surface area (Å²) in [7, 11) is 0. The van der Waals surface area contributed by atoms with Gasteiger partial charge in [-0.25, -0.2) is 19.9 Å². The van der Waals surface area contributed by atoms with Crippen molar-refractivity contribution in [3.8, 4) is 62.2 Å². The van der Waals surface area contributed by atoms with Crippen LogP contribution in [0.15, 0.2) is 188 Å². The quantitative estimate of drug-likeness (QED) is 0.171. The second-order valence-corrected chi connectivity index (χ2v) is 14.9. The summed E-state index contributed by atoms with van der Waals surface area (Å²) in [5.74, 6) is 2.53. The molecule has 0 aliphatic rings. The highest BCUT2D eigenvalue weighted by Gasteiger charge is 2.21. The molecule has 0 spiro atoms. The normalized spacial score (nSPS) is 11.6. The van der Waals surface area contributed by atoms with Crippen LogP contribution in [0.3, 0.4) is 0 Å². The van der Waals surface area contributed by atoms with Crippen LogP contribution in [0, 0.1) is 0 Å². The van der Waals surface area contributed by atoms with Gasteiger partial charge in [0.1, 0.15) is 5.82 Å². The van der Waals surface area contributed by atoms with Crippen LogP contribution in [0.1, 0.15) is 0 Å². The minimum absolute atomic E-state index is 0.558. The lowest BCUT2D eigenvalue weighted by atomic mass is 10.0. The molecule has 6 heteroatoms. The van der Waals surface area contributed by atoms with Gasteiger partial charge in [0.15, 0.2) is 17.5 Å². The van der Waals surface area contributed by atoms with Gasteiger partial charge < -0.3 is 0 Å². The summed E-state index contributed by atoms with van der Waals surface area (Å²) in [6.45, 7) is 0. The van der Waals surface area contributed by atoms with E-state index in [4.69, 9.17) is 19.9 Å². The molecule has 0 saturated carbocycles. The number of hydrogen-bond donors (Lipinski definition) is 0. The van der Waals surface area contributed by atoms with Gasteiger partial charge in [0, 0.05) is 48.3 Å². The van der Waals surface area contributed by atoms with Crippen molar-refractivity contribution < 1.29 is 0 Å². The molecule has 4 aromatic heterocycles. The fourth-order valence-electron chi connectivity index (χ4n) is 7.88. The predicted octanol–water partition coefficient (Wildman–Crippen LogP) is 13.1. The van der Waals surface area contributed by atoms with Gasteiger partial charge in [-0.15, -0.1) is 11.3 Å². The molecule has 0 saturated heterocycles. The molecule has 0 fully saturated rings. The van der Waals surface area contributed by atoms with E-state index >= 15 is 0 Å². The average molecular weight is 734 g/mol. The van der Waals surface area contributed by atoms with Gasteiger partial charge in [0.25, 0.3) is 0 Å². The summed E-state index contributed by atoms with van der Waals surface area (Å²) in [4.78, 5) is 20.4. The van der Waals surface area contributed by atoms with Crippen LogP contribution in [0.5, 0.6) is 0 Å². The molecular formula is C50H31N5S. The number of thiophene rings is 1. The number of nitrogens with zero attached hydrogens (tertiary/aromatic N) is 5. The molecule has 262 valence electrons. The smallest absolute Gasteiger partial charge is 0.167 e. The first-order valence-corrected chi connectivity index (χ1v) is 19.5. The summed E-state index contributed by atoms with van der Waals surface area (Å²) in [5.41, 5.74) is 9.50. The van der Waals surface area contributed by atoms with Crippen LogP contribution >= 0.6 is 11.3 Å². The maximum Gasteiger partial charge on any atom is 0.167 e. The summed E-state index contributed by atoms with van der Waals surface area (Å²) in [5, 5.41) is 4.91. The van der Waals surface area contributed by atoms with Crippen molar-refractivity contribution in [3.05, 3.63) is 188 Å². The number of hydrogen-bond acceptors (Lipinski definition) is 5. The fraction of sp³-hybridized carbons (Fsp3) is 0. The minimum atomic E-state index is 0.558. The van der Waals surface area contributed by atoms with E-state index in [2.05, 4.69) is 144 Å². The monoisotopic (exact) mass is 733 g/mol. The highest BCUT2D eigenvalue weighted by molar-refractivity contribution is 7.26. The predicted molar refractivity (Wildman–Crippen MR) is 232 cm³/mol. The van der Waals surface area contributed by atoms with E-state index in [1.165, 1.54) is 31.3 Å². The zero-order valence-corrected chi connectivity index (χ0v) is 30.9. The number of para-hydroxylation sites is 1. The third kappa shape index (κ3) is 5.38. The van der Waals surface area contributed by atoms with Crippen LogP contribution in [-0.2, 0) is 0 Å². The molecule has 56 heavy (non-hydrogen) atoms. The number of aromatic nitrogens is 5. The number of rotatable bonds is 6. The van der Waals surface area contributed by atoms with Crippen molar-refractivity contribution in [1.82, 2.24) is 24.5 Å². The number of pyridine rings is 1. The first-order chi connectivity index (χ1) is 27.8. The second kappa shape index (κ2) is 13.2. The largest absolute Gasteiger partial charge is 0.293 e. The van der Waals surface area contributed by atoms with Crippen LogP contribution in [0.2, 0.25) is 0 Å². The number of fused-ring (bicyclic) bond motifs is 6. The Balaban J connectivity index is 1.09. The highest BCUT2D eigenvalue weighted by Crippen LogP contribution is 2.42. The Morgan fingerprint density at radius 3 is 1.75 bits per heavy atom. The zero-order valence-electron chi connectivity index (χ0n) is 30.0. The summed E-state index contributed by atoms with van der Waals surface area (Å²) >= 11 is 1.86. The van der Waals surface area contributed by atoms with Crippen LogP contribution in [0.4, 0.5) is 0 Å². The molecule has 0 bridgehead atoms. The average Bonchev–Trinajstić information content (AvgIpc) is 3.82. The summed E-state index contributed by atoms with van der Waals surface area (Å²) in [6.07, 6.45) is 1.85. The van der Waals surface area contributed by atoms with Gasteiger partial charge in [0.05, 0.1) is 16.6 Å². The van der Waals surface area contributed by atoms with E-state index < -0.39 is 0 Å². The minimum Gasteiger partial charge on any atom is -0.293 e. The molecule has 0 N–H and O–H groups in total. The topological polar surface area (TPSA) is 56.5 Å². The molecule has 0 radical (unpaired) electrons. The molecule has 11 aromatic rings. The Hall–Kier alpha value is -7.28. The molecule has 0 unspecified atom stereocenters. The van der Waals surface area contributed by atoms with Crippen molar-refractivity contribution in [1.29, 1.82) is 0 Å². The fourth-order valence-corrected chi connectivity index (χ4v) is 9.12. The maximum atomic E-state index is 5.16. The van der Waals surface area contributed by atoms with Crippen molar-refractivity contribution >= 4 is 53.3 Å². The standard InChI is InChI=1S/C50H31N5S/c1-3-13-32(14-4-1)33-24-26-35(27-25-33)48-52-47(34-15-5-2-6-16-34)53-49(54-48)41-21-12-30-51-50(41)55-43-22-9-7-17-38(43)42-31-36(28-29-44(42)55)37-19-11-20-40-39-18-8-10-23-45(39)56-46(37)40/h1-31H. The zero-order chi connectivity index (χ0) is 37.0. The lowest BCUT2D eigenvalue weighted by molar-refractivity contribution is 1.04. The molecule has 0 aliphatic carbocycles. The van der Waals surface area contributed by atoms with E-state index in [9.17, 15) is 0 Å². The van der Waals surface area contributed by atoms with E-state index in [-0.39, 0.29) is 0 Å². The Labute approximate surface area is 326 Å². The molecule has 7 aromatic carbocycles. The van der Waals surface area contributed by atoms with Gasteiger partial charge in [0.2, 0.25) is 0 Å². The Kier molecular flexibility index (Phi) is 7.60. The lowest BCUT2D eigenvalue weighted by Gasteiger charge is -2.14. The van der Waals surface area contributed by atoms with E-state index in [0.29, 0.717) is 17.5 Å². The van der Waals surface area contributed by atoms with Gasteiger partial charge in [-0.1, -0.05) is 146 Å². The van der Waals surface area contributed by atoms with Gasteiger partial charge in [-0.3, -0.25) is 4.57 Å². The lowest BCUT2D eigenvalue weighted by Crippen LogP contribution is -2.05. The van der Waals surface area contributed by atoms with Crippen LogP contribution < -0.4 is 0 Å². The second-order valence-electron chi connectivity index (χ2n) is 13.9. The summed E-state index contributed by atoms with van der Waals surface area (Å²) in [6, 6.07) is 63.6. The molecular weight excluding hydrogens is 703 g/mol. The van der Waals surface area contributed by atoms with Crippen molar-refractivity contribution in [2.75, 3.05) is 0 Å². The molecule has 11 rings (SSSR count). The van der Waals surface area contributed by atoms with E-state index in [1.807, 2.05) is 60.0 Å². The molecule has 0 aliphatic heterocycles. The molecule has 4 heterocycles. The number of benzene rings is 7. The van der Waals surface area contributed by atoms with Gasteiger partial charge >= 0.3 is 0 Å². The Morgan fingerprint density at radius 1 is 0.375 bits per heavy atom.